The topological polar surface area (TPSA) is 125 Å². The fourth-order valence-electron chi connectivity index (χ4n) is 4.62. The lowest BCUT2D eigenvalue weighted by atomic mass is 9.76. The third-order valence-electron chi connectivity index (χ3n) is 6.45. The summed E-state index contributed by atoms with van der Waals surface area (Å²) in [7, 11) is 0. The summed E-state index contributed by atoms with van der Waals surface area (Å²) in [6.07, 6.45) is -0.736. The summed E-state index contributed by atoms with van der Waals surface area (Å²) in [5.41, 5.74) is 3.87. The molecule has 0 bridgehead atoms. The molecular formula is C19H28FNO7. The smallest absolute Gasteiger partial charge is 0.480 e. The first-order valence-electron chi connectivity index (χ1n) is 9.70. The van der Waals surface area contributed by atoms with Crippen LogP contribution >= 0.6 is 0 Å². The molecule has 0 aromatic heterocycles. The lowest BCUT2D eigenvalue weighted by Crippen LogP contribution is -2.56. The van der Waals surface area contributed by atoms with Gasteiger partial charge >= 0.3 is 18.1 Å². The predicted molar refractivity (Wildman–Crippen MR) is 93.7 cm³/mol. The molecule has 3 N–H and O–H groups in total. The maximum atomic E-state index is 13.9. The summed E-state index contributed by atoms with van der Waals surface area (Å²) < 4.78 is 29.2. The van der Waals surface area contributed by atoms with Crippen LogP contribution in [0.1, 0.15) is 52.9 Å². The Morgan fingerprint density at radius 1 is 1.18 bits per heavy atom. The molecule has 1 unspecified atom stereocenters. The first-order chi connectivity index (χ1) is 13.0. The summed E-state index contributed by atoms with van der Waals surface area (Å²) in [5, 5.41) is 9.23. The summed E-state index contributed by atoms with van der Waals surface area (Å²) in [6.45, 7) is 5.70. The van der Waals surface area contributed by atoms with Crippen LogP contribution in [0.4, 0.5) is 9.18 Å². The van der Waals surface area contributed by atoms with E-state index < -0.39 is 53.8 Å². The second kappa shape index (κ2) is 7.17. The molecule has 0 aromatic rings. The lowest BCUT2D eigenvalue weighted by molar-refractivity contribution is -0.172. The Bertz CT molecular complexity index is 659. The number of nitrogens with two attached hydrogens (primary N) is 1. The first-order valence-corrected chi connectivity index (χ1v) is 9.70. The van der Waals surface area contributed by atoms with Crippen molar-refractivity contribution < 1.29 is 38.1 Å². The molecule has 3 aliphatic carbocycles. The molecule has 8 nitrogen and oxygen atoms in total. The first kappa shape index (κ1) is 20.8. The Morgan fingerprint density at radius 3 is 2.36 bits per heavy atom. The third kappa shape index (κ3) is 3.81. The van der Waals surface area contributed by atoms with Gasteiger partial charge in [0.1, 0.15) is 17.8 Å². The standard InChI is InChI=1S/C19H28FNO7/c1-9(27-17(25)28-10-4-6-18(2,3)7-5-10)26-15(22)13-11-8-12(20)19(21,14(11)13)16(23)24/h9-14H,4-8,21H2,1-3H3,(H,23,24)/t9?,11-,12-,13-,14-,19-/m0/s1. The van der Waals surface area contributed by atoms with Crippen LogP contribution in [0.2, 0.25) is 0 Å². The summed E-state index contributed by atoms with van der Waals surface area (Å²) in [6, 6.07) is 0. The second-order valence-corrected chi connectivity index (χ2v) is 9.01. The second-order valence-electron chi connectivity index (χ2n) is 9.01. The van der Waals surface area contributed by atoms with E-state index >= 15 is 0 Å². The maximum absolute atomic E-state index is 13.9. The number of ether oxygens (including phenoxy) is 3. The highest BCUT2D eigenvalue weighted by Gasteiger charge is 2.75. The van der Waals surface area contributed by atoms with Crippen molar-refractivity contribution in [2.45, 2.75) is 77.0 Å². The van der Waals surface area contributed by atoms with Crippen molar-refractivity contribution in [2.24, 2.45) is 28.9 Å². The number of rotatable bonds is 5. The summed E-state index contributed by atoms with van der Waals surface area (Å²) in [4.78, 5) is 35.5. The number of aliphatic carboxylic acids is 1. The number of esters is 1. The molecule has 0 amide bonds. The van der Waals surface area contributed by atoms with Crippen LogP contribution in [0.25, 0.3) is 0 Å². The minimum atomic E-state index is -2.08. The van der Waals surface area contributed by atoms with Gasteiger partial charge in [0.05, 0.1) is 5.92 Å². The molecule has 0 saturated heterocycles. The van der Waals surface area contributed by atoms with Gasteiger partial charge < -0.3 is 25.1 Å². The van der Waals surface area contributed by atoms with Crippen LogP contribution in [0.15, 0.2) is 0 Å². The normalized spacial score (nSPS) is 37.5. The van der Waals surface area contributed by atoms with Crippen molar-refractivity contribution in [1.29, 1.82) is 0 Å². The molecule has 0 aliphatic heterocycles. The Morgan fingerprint density at radius 2 is 1.79 bits per heavy atom. The largest absolute Gasteiger partial charge is 0.511 e. The number of carbonyl (C=O) groups is 3. The van der Waals surface area contributed by atoms with E-state index in [-0.39, 0.29) is 17.9 Å². The zero-order valence-corrected chi connectivity index (χ0v) is 16.4. The molecule has 28 heavy (non-hydrogen) atoms. The van der Waals surface area contributed by atoms with Crippen LogP contribution in [-0.4, -0.2) is 47.3 Å². The molecule has 0 aromatic carbocycles. The van der Waals surface area contributed by atoms with E-state index in [1.807, 2.05) is 0 Å². The van der Waals surface area contributed by atoms with Crippen molar-refractivity contribution in [2.75, 3.05) is 0 Å². The van der Waals surface area contributed by atoms with Crippen LogP contribution in [0, 0.1) is 23.2 Å². The van der Waals surface area contributed by atoms with Gasteiger partial charge in [0.2, 0.25) is 6.29 Å². The van der Waals surface area contributed by atoms with Gasteiger partial charge in [-0.1, -0.05) is 13.8 Å². The quantitative estimate of drug-likeness (QED) is 0.531. The number of carboxylic acids is 1. The highest BCUT2D eigenvalue weighted by atomic mass is 19.1. The van der Waals surface area contributed by atoms with Crippen LogP contribution < -0.4 is 5.73 Å². The molecule has 0 radical (unpaired) electrons. The fourth-order valence-corrected chi connectivity index (χ4v) is 4.62. The van der Waals surface area contributed by atoms with Gasteiger partial charge in [0.25, 0.3) is 0 Å². The number of hydrogen-bond acceptors (Lipinski definition) is 7. The number of carbonyl (C=O) groups excluding carboxylic acids is 2. The van der Waals surface area contributed by atoms with Crippen molar-refractivity contribution in [3.63, 3.8) is 0 Å². The van der Waals surface area contributed by atoms with Crippen LogP contribution in [0.3, 0.4) is 0 Å². The lowest BCUT2D eigenvalue weighted by Gasteiger charge is -2.33. The number of hydrogen-bond donors (Lipinski definition) is 2. The van der Waals surface area contributed by atoms with Crippen LogP contribution in [-0.2, 0) is 23.8 Å². The highest BCUT2D eigenvalue weighted by molar-refractivity contribution is 5.86. The monoisotopic (exact) mass is 401 g/mol. The molecule has 3 rings (SSSR count). The fraction of sp³-hybridized carbons (Fsp3) is 0.842. The molecule has 9 heteroatoms. The van der Waals surface area contributed by atoms with E-state index in [4.69, 9.17) is 19.9 Å². The molecule has 3 aliphatic rings. The van der Waals surface area contributed by atoms with Gasteiger partial charge in [-0.3, -0.25) is 9.59 Å². The van der Waals surface area contributed by atoms with Crippen molar-refractivity contribution >= 4 is 18.1 Å². The Balaban J connectivity index is 1.44. The van der Waals surface area contributed by atoms with Crippen molar-refractivity contribution in [3.8, 4) is 0 Å². The van der Waals surface area contributed by atoms with Gasteiger partial charge in [-0.2, -0.15) is 0 Å². The van der Waals surface area contributed by atoms with E-state index in [2.05, 4.69) is 13.8 Å². The van der Waals surface area contributed by atoms with Crippen molar-refractivity contribution in [1.82, 2.24) is 0 Å². The van der Waals surface area contributed by atoms with Gasteiger partial charge in [-0.15, -0.1) is 0 Å². The number of fused-ring (bicyclic) bond motifs is 1. The van der Waals surface area contributed by atoms with Gasteiger partial charge in [-0.05, 0) is 43.4 Å². The average molecular weight is 401 g/mol. The minimum Gasteiger partial charge on any atom is -0.480 e. The molecule has 6 atom stereocenters. The number of halogens is 1. The number of carboxylic acid groups (broad SMARTS) is 1. The highest BCUT2D eigenvalue weighted by Crippen LogP contribution is 2.62. The molecule has 3 saturated carbocycles. The molecule has 3 fully saturated rings. The number of alkyl halides is 1. The molecule has 0 heterocycles. The van der Waals surface area contributed by atoms with Gasteiger partial charge in [0.15, 0.2) is 0 Å². The van der Waals surface area contributed by atoms with E-state index in [0.717, 1.165) is 25.7 Å². The van der Waals surface area contributed by atoms with E-state index in [1.54, 1.807) is 0 Å². The van der Waals surface area contributed by atoms with Crippen LogP contribution in [0.5, 0.6) is 0 Å². The Kier molecular flexibility index (Phi) is 5.33. The third-order valence-corrected chi connectivity index (χ3v) is 6.45. The average Bonchev–Trinajstić information content (AvgIpc) is 3.23. The summed E-state index contributed by atoms with van der Waals surface area (Å²) >= 11 is 0. The van der Waals surface area contributed by atoms with Crippen molar-refractivity contribution in [3.05, 3.63) is 0 Å². The maximum Gasteiger partial charge on any atom is 0.511 e. The summed E-state index contributed by atoms with van der Waals surface area (Å²) in [5.74, 6) is -4.27. The van der Waals surface area contributed by atoms with Gasteiger partial charge in [-0.25, -0.2) is 9.18 Å². The zero-order valence-electron chi connectivity index (χ0n) is 16.4. The van der Waals surface area contributed by atoms with E-state index in [9.17, 15) is 23.9 Å². The SMILES string of the molecule is CC(OC(=O)OC1CCC(C)(C)CC1)OC(=O)[C@H]1[C@@H]2C[C@H](F)[C@@](N)(C(=O)O)[C@@H]21. The molecule has 0 spiro atoms. The Hall–Kier alpha value is -1.90. The predicted octanol–water partition coefficient (Wildman–Crippen LogP) is 2.38. The van der Waals surface area contributed by atoms with E-state index in [0.29, 0.717) is 0 Å². The van der Waals surface area contributed by atoms with Gasteiger partial charge in [0, 0.05) is 12.8 Å². The molecule has 158 valence electrons. The zero-order chi connectivity index (χ0) is 20.9. The van der Waals surface area contributed by atoms with E-state index in [1.165, 1.54) is 6.92 Å². The Labute approximate surface area is 162 Å². The minimum absolute atomic E-state index is 0.0947. The molecular weight excluding hydrogens is 373 g/mol.